The fourth-order valence-corrected chi connectivity index (χ4v) is 1.63. The molecule has 18 heavy (non-hydrogen) atoms. The van der Waals surface area contributed by atoms with Crippen LogP contribution in [0.25, 0.3) is 0 Å². The summed E-state index contributed by atoms with van der Waals surface area (Å²) in [5.74, 6) is 0.369. The van der Waals surface area contributed by atoms with Gasteiger partial charge in [-0.1, -0.05) is 27.7 Å². The Hall–Kier alpha value is -1.45. The Labute approximate surface area is 110 Å². The molecule has 0 saturated carbocycles. The molecule has 1 rings (SSSR count). The first-order chi connectivity index (χ1) is 8.25. The Bertz CT molecular complexity index is 415. The standard InChI is InChI=1S/C14H25N3O/c1-6-17-9-11(15)7-12(17)13(18)16-8-10(2)14(3,4)5/h7,9-10H,6,8,15H2,1-5H3,(H,16,18). The van der Waals surface area contributed by atoms with Gasteiger partial charge >= 0.3 is 0 Å². The van der Waals surface area contributed by atoms with Crippen LogP contribution in [0, 0.1) is 11.3 Å². The smallest absolute Gasteiger partial charge is 0.267 e. The van der Waals surface area contributed by atoms with E-state index in [1.165, 1.54) is 0 Å². The summed E-state index contributed by atoms with van der Waals surface area (Å²) in [7, 11) is 0. The van der Waals surface area contributed by atoms with Crippen LogP contribution in [-0.4, -0.2) is 17.0 Å². The van der Waals surface area contributed by atoms with Crippen molar-refractivity contribution in [3.63, 3.8) is 0 Å². The van der Waals surface area contributed by atoms with Crippen LogP contribution in [0.3, 0.4) is 0 Å². The maximum atomic E-state index is 12.1. The highest BCUT2D eigenvalue weighted by Crippen LogP contribution is 2.24. The van der Waals surface area contributed by atoms with Gasteiger partial charge in [0.2, 0.25) is 0 Å². The van der Waals surface area contributed by atoms with Gasteiger partial charge in [-0.2, -0.15) is 0 Å². The van der Waals surface area contributed by atoms with Gasteiger partial charge < -0.3 is 15.6 Å². The van der Waals surface area contributed by atoms with E-state index in [1.54, 1.807) is 12.3 Å². The van der Waals surface area contributed by atoms with E-state index in [-0.39, 0.29) is 11.3 Å². The summed E-state index contributed by atoms with van der Waals surface area (Å²) in [5, 5.41) is 2.98. The minimum Gasteiger partial charge on any atom is -0.397 e. The molecule has 0 aliphatic carbocycles. The fraction of sp³-hybridized carbons (Fsp3) is 0.643. The van der Waals surface area contributed by atoms with Crippen molar-refractivity contribution >= 4 is 11.6 Å². The second-order valence-corrected chi connectivity index (χ2v) is 5.92. The van der Waals surface area contributed by atoms with Gasteiger partial charge in [0.1, 0.15) is 5.69 Å². The molecule has 4 heteroatoms. The van der Waals surface area contributed by atoms with Crippen molar-refractivity contribution in [1.82, 2.24) is 9.88 Å². The number of hydrogen-bond acceptors (Lipinski definition) is 2. The van der Waals surface area contributed by atoms with E-state index in [2.05, 4.69) is 33.0 Å². The molecule has 0 spiro atoms. The number of aryl methyl sites for hydroxylation is 1. The number of nitrogen functional groups attached to an aromatic ring is 1. The number of anilines is 1. The molecule has 1 amide bonds. The zero-order valence-corrected chi connectivity index (χ0v) is 12.1. The van der Waals surface area contributed by atoms with Crippen molar-refractivity contribution in [3.05, 3.63) is 18.0 Å². The number of amides is 1. The zero-order valence-electron chi connectivity index (χ0n) is 12.1. The number of rotatable bonds is 4. The van der Waals surface area contributed by atoms with Gasteiger partial charge in [-0.25, -0.2) is 0 Å². The number of carbonyl (C=O) groups excluding carboxylic acids is 1. The van der Waals surface area contributed by atoms with Crippen molar-refractivity contribution in [3.8, 4) is 0 Å². The highest BCUT2D eigenvalue weighted by molar-refractivity contribution is 5.93. The molecule has 0 radical (unpaired) electrons. The summed E-state index contributed by atoms with van der Waals surface area (Å²) in [6, 6.07) is 1.72. The molecular weight excluding hydrogens is 226 g/mol. The lowest BCUT2D eigenvalue weighted by Crippen LogP contribution is -2.34. The lowest BCUT2D eigenvalue weighted by Gasteiger charge is -2.27. The molecule has 1 heterocycles. The van der Waals surface area contributed by atoms with Crippen LogP contribution in [-0.2, 0) is 6.54 Å². The summed E-state index contributed by atoms with van der Waals surface area (Å²) in [4.78, 5) is 12.1. The van der Waals surface area contributed by atoms with Gasteiger partial charge in [-0.05, 0) is 24.3 Å². The third-order valence-corrected chi connectivity index (χ3v) is 3.54. The quantitative estimate of drug-likeness (QED) is 0.863. The van der Waals surface area contributed by atoms with Crippen molar-refractivity contribution in [2.75, 3.05) is 12.3 Å². The Morgan fingerprint density at radius 2 is 2.11 bits per heavy atom. The number of nitrogens with one attached hydrogen (secondary N) is 1. The Morgan fingerprint density at radius 3 is 2.61 bits per heavy atom. The fourth-order valence-electron chi connectivity index (χ4n) is 1.63. The van der Waals surface area contributed by atoms with Crippen molar-refractivity contribution in [2.45, 2.75) is 41.2 Å². The molecule has 1 aromatic rings. The molecule has 1 aromatic heterocycles. The maximum absolute atomic E-state index is 12.1. The van der Waals surface area contributed by atoms with E-state index in [0.29, 0.717) is 23.8 Å². The first-order valence-electron chi connectivity index (χ1n) is 6.49. The number of nitrogens with two attached hydrogens (primary N) is 1. The van der Waals surface area contributed by atoms with Crippen LogP contribution >= 0.6 is 0 Å². The van der Waals surface area contributed by atoms with Gasteiger partial charge in [-0.3, -0.25) is 4.79 Å². The predicted octanol–water partition coefficient (Wildman–Crippen LogP) is 2.50. The maximum Gasteiger partial charge on any atom is 0.267 e. The average Bonchev–Trinajstić information content (AvgIpc) is 2.65. The van der Waals surface area contributed by atoms with Gasteiger partial charge in [-0.15, -0.1) is 0 Å². The molecule has 3 N–H and O–H groups in total. The molecule has 0 aromatic carbocycles. The van der Waals surface area contributed by atoms with Crippen molar-refractivity contribution < 1.29 is 4.79 Å². The minimum absolute atomic E-state index is 0.0513. The topological polar surface area (TPSA) is 60.0 Å². The third-order valence-electron chi connectivity index (χ3n) is 3.54. The van der Waals surface area contributed by atoms with E-state index >= 15 is 0 Å². The van der Waals surface area contributed by atoms with Crippen molar-refractivity contribution in [2.24, 2.45) is 11.3 Å². The minimum atomic E-state index is -0.0513. The van der Waals surface area contributed by atoms with Crippen LogP contribution in [0.15, 0.2) is 12.3 Å². The Kier molecular flexibility index (Phi) is 4.43. The number of nitrogens with zero attached hydrogens (tertiary/aromatic N) is 1. The number of hydrogen-bond donors (Lipinski definition) is 2. The van der Waals surface area contributed by atoms with Crippen LogP contribution in [0.5, 0.6) is 0 Å². The monoisotopic (exact) mass is 251 g/mol. The van der Waals surface area contributed by atoms with Crippen LogP contribution < -0.4 is 11.1 Å². The molecule has 4 nitrogen and oxygen atoms in total. The Balaban J connectivity index is 2.66. The van der Waals surface area contributed by atoms with Gasteiger partial charge in [0.05, 0.1) is 5.69 Å². The summed E-state index contributed by atoms with van der Waals surface area (Å²) in [6.45, 7) is 12.1. The van der Waals surface area contributed by atoms with E-state index in [9.17, 15) is 4.79 Å². The van der Waals surface area contributed by atoms with Crippen molar-refractivity contribution in [1.29, 1.82) is 0 Å². The average molecular weight is 251 g/mol. The SMILES string of the molecule is CCn1cc(N)cc1C(=O)NCC(C)C(C)(C)C. The van der Waals surface area contributed by atoms with Gasteiger partial charge in [0.15, 0.2) is 0 Å². The molecule has 1 atom stereocenters. The van der Waals surface area contributed by atoms with Crippen LogP contribution in [0.2, 0.25) is 0 Å². The number of carbonyl (C=O) groups is 1. The summed E-state index contributed by atoms with van der Waals surface area (Å²) in [6.07, 6.45) is 1.79. The predicted molar refractivity (Wildman–Crippen MR) is 75.5 cm³/mol. The molecule has 0 bridgehead atoms. The first kappa shape index (κ1) is 14.6. The van der Waals surface area contributed by atoms with Crippen LogP contribution in [0.4, 0.5) is 5.69 Å². The largest absolute Gasteiger partial charge is 0.397 e. The molecule has 0 aliphatic rings. The van der Waals surface area contributed by atoms with E-state index in [0.717, 1.165) is 6.54 Å². The lowest BCUT2D eigenvalue weighted by molar-refractivity contribution is 0.0928. The zero-order chi connectivity index (χ0) is 13.9. The molecule has 0 fully saturated rings. The molecule has 102 valence electrons. The first-order valence-corrected chi connectivity index (χ1v) is 6.49. The highest BCUT2D eigenvalue weighted by atomic mass is 16.1. The molecule has 0 aliphatic heterocycles. The van der Waals surface area contributed by atoms with Crippen LogP contribution in [0.1, 0.15) is 45.1 Å². The second-order valence-electron chi connectivity index (χ2n) is 5.92. The summed E-state index contributed by atoms with van der Waals surface area (Å²) >= 11 is 0. The van der Waals surface area contributed by atoms with E-state index in [4.69, 9.17) is 5.73 Å². The molecule has 0 saturated heterocycles. The van der Waals surface area contributed by atoms with Gasteiger partial charge in [0.25, 0.3) is 5.91 Å². The Morgan fingerprint density at radius 1 is 1.50 bits per heavy atom. The second kappa shape index (κ2) is 5.46. The molecule has 1 unspecified atom stereocenters. The molecular formula is C14H25N3O. The highest BCUT2D eigenvalue weighted by Gasteiger charge is 2.21. The normalized spacial score (nSPS) is 13.4. The van der Waals surface area contributed by atoms with E-state index < -0.39 is 0 Å². The summed E-state index contributed by atoms with van der Waals surface area (Å²) in [5.41, 5.74) is 7.18. The third kappa shape index (κ3) is 3.52. The van der Waals surface area contributed by atoms with E-state index in [1.807, 2.05) is 11.5 Å². The van der Waals surface area contributed by atoms with Gasteiger partial charge in [0, 0.05) is 19.3 Å². The lowest BCUT2D eigenvalue weighted by atomic mass is 9.82. The number of aromatic nitrogens is 1. The summed E-state index contributed by atoms with van der Waals surface area (Å²) < 4.78 is 1.87.